The van der Waals surface area contributed by atoms with Crippen molar-refractivity contribution >= 4 is 23.6 Å². The van der Waals surface area contributed by atoms with E-state index in [2.05, 4.69) is 11.9 Å². The maximum atomic E-state index is 12.3. The van der Waals surface area contributed by atoms with Crippen LogP contribution in [0.15, 0.2) is 30.9 Å². The van der Waals surface area contributed by atoms with E-state index in [1.54, 1.807) is 25.3 Å². The van der Waals surface area contributed by atoms with Gasteiger partial charge in [0.05, 0.1) is 5.54 Å². The highest BCUT2D eigenvalue weighted by Crippen LogP contribution is 2.38. The van der Waals surface area contributed by atoms with Crippen LogP contribution in [0.1, 0.15) is 49.5 Å². The Kier molecular flexibility index (Phi) is 5.47. The first kappa shape index (κ1) is 19.3. The molecule has 1 unspecified atom stereocenters. The zero-order chi connectivity index (χ0) is 18.8. The van der Waals surface area contributed by atoms with E-state index in [1.165, 1.54) is 4.90 Å². The lowest BCUT2D eigenvalue weighted by atomic mass is 9.84. The maximum Gasteiger partial charge on any atom is 0.410 e. The lowest BCUT2D eigenvalue weighted by Gasteiger charge is -2.32. The van der Waals surface area contributed by atoms with Gasteiger partial charge in [-0.05, 0) is 57.4 Å². The third-order valence-electron chi connectivity index (χ3n) is 4.17. The van der Waals surface area contributed by atoms with E-state index in [4.69, 9.17) is 16.3 Å². The van der Waals surface area contributed by atoms with E-state index in [9.17, 15) is 9.59 Å². The quantitative estimate of drug-likeness (QED) is 0.800. The molecule has 0 aromatic heterocycles. The van der Waals surface area contributed by atoms with Gasteiger partial charge in [-0.25, -0.2) is 4.79 Å². The molecule has 0 saturated carbocycles. The van der Waals surface area contributed by atoms with Crippen LogP contribution in [0.5, 0.6) is 0 Å². The lowest BCUT2D eigenvalue weighted by molar-refractivity contribution is 0.0285. The smallest absolute Gasteiger partial charge is 0.410 e. The van der Waals surface area contributed by atoms with Crippen molar-refractivity contribution in [1.29, 1.82) is 0 Å². The number of ether oxygens (including phenoxy) is 1. The molecule has 5 nitrogen and oxygen atoms in total. The molecule has 1 aromatic rings. The van der Waals surface area contributed by atoms with Crippen molar-refractivity contribution in [2.24, 2.45) is 0 Å². The zero-order valence-corrected chi connectivity index (χ0v) is 15.9. The van der Waals surface area contributed by atoms with Gasteiger partial charge in [-0.2, -0.15) is 0 Å². The fourth-order valence-corrected chi connectivity index (χ4v) is 3.13. The topological polar surface area (TPSA) is 58.6 Å². The van der Waals surface area contributed by atoms with E-state index in [1.807, 2.05) is 26.8 Å². The number of carbonyl (C=O) groups is 2. The molecule has 1 atom stereocenters. The highest BCUT2D eigenvalue weighted by Gasteiger charge is 2.42. The Morgan fingerprint density at radius 3 is 2.72 bits per heavy atom. The van der Waals surface area contributed by atoms with Crippen LogP contribution >= 0.6 is 11.6 Å². The van der Waals surface area contributed by atoms with Crippen LogP contribution in [0.25, 0.3) is 0 Å². The molecule has 0 saturated heterocycles. The average molecular weight is 365 g/mol. The van der Waals surface area contributed by atoms with Gasteiger partial charge < -0.3 is 15.0 Å². The third-order valence-corrected chi connectivity index (χ3v) is 4.40. The SMILES string of the molecule is C=CCC1(CCN(C)C(=O)OC(C)(C)C)NC(=O)c2ccc(Cl)cc21. The normalized spacial score (nSPS) is 19.2. The van der Waals surface area contributed by atoms with Crippen molar-refractivity contribution in [1.82, 2.24) is 10.2 Å². The summed E-state index contributed by atoms with van der Waals surface area (Å²) in [7, 11) is 1.69. The van der Waals surface area contributed by atoms with E-state index in [-0.39, 0.29) is 5.91 Å². The number of hydrogen-bond donors (Lipinski definition) is 1. The van der Waals surface area contributed by atoms with Gasteiger partial charge in [0.25, 0.3) is 5.91 Å². The molecular weight excluding hydrogens is 340 g/mol. The minimum absolute atomic E-state index is 0.131. The van der Waals surface area contributed by atoms with E-state index < -0.39 is 17.2 Å². The minimum atomic E-state index is -0.616. The zero-order valence-electron chi connectivity index (χ0n) is 15.2. The van der Waals surface area contributed by atoms with E-state index in [0.717, 1.165) is 5.56 Å². The summed E-state index contributed by atoms with van der Waals surface area (Å²) in [6.07, 6.45) is 2.46. The Hall–Kier alpha value is -2.01. The molecule has 0 fully saturated rings. The molecule has 1 aliphatic heterocycles. The molecule has 0 aliphatic carbocycles. The second-order valence-corrected chi connectivity index (χ2v) is 7.81. The molecule has 1 heterocycles. The van der Waals surface area contributed by atoms with Gasteiger partial charge in [-0.1, -0.05) is 17.7 Å². The van der Waals surface area contributed by atoms with Crippen LogP contribution in [-0.4, -0.2) is 36.1 Å². The predicted molar refractivity (Wildman–Crippen MR) is 98.9 cm³/mol. The Morgan fingerprint density at radius 2 is 2.12 bits per heavy atom. The van der Waals surface area contributed by atoms with Crippen molar-refractivity contribution in [3.8, 4) is 0 Å². The minimum Gasteiger partial charge on any atom is -0.444 e. The van der Waals surface area contributed by atoms with Crippen molar-refractivity contribution < 1.29 is 14.3 Å². The fourth-order valence-electron chi connectivity index (χ4n) is 2.96. The number of rotatable bonds is 5. The number of amides is 2. The first-order chi connectivity index (χ1) is 11.6. The Balaban J connectivity index is 2.20. The van der Waals surface area contributed by atoms with Crippen LogP contribution in [0.4, 0.5) is 4.79 Å². The van der Waals surface area contributed by atoms with E-state index in [0.29, 0.717) is 30.0 Å². The van der Waals surface area contributed by atoms with Crippen LogP contribution in [0.2, 0.25) is 5.02 Å². The predicted octanol–water partition coefficient (Wildman–Crippen LogP) is 4.11. The first-order valence-electron chi connectivity index (χ1n) is 8.25. The molecule has 25 heavy (non-hydrogen) atoms. The summed E-state index contributed by atoms with van der Waals surface area (Å²) in [5.41, 5.74) is 0.301. The summed E-state index contributed by atoms with van der Waals surface area (Å²) in [5, 5.41) is 3.63. The highest BCUT2D eigenvalue weighted by atomic mass is 35.5. The standard InChI is InChI=1S/C19H25ClN2O3/c1-6-9-19(10-11-22(5)17(24)25-18(2,3)4)15-12-13(20)7-8-14(15)16(23)21-19/h6-8,12H,1,9-11H2,2-5H3,(H,21,23). The molecule has 0 spiro atoms. The summed E-state index contributed by atoms with van der Waals surface area (Å²) in [6.45, 7) is 9.72. The Labute approximate surface area is 154 Å². The molecule has 0 bridgehead atoms. The van der Waals surface area contributed by atoms with Gasteiger partial charge in [0, 0.05) is 24.2 Å². The number of carbonyl (C=O) groups excluding carboxylic acids is 2. The van der Waals surface area contributed by atoms with E-state index >= 15 is 0 Å². The molecular formula is C19H25ClN2O3. The third kappa shape index (κ3) is 4.34. The van der Waals surface area contributed by atoms with Gasteiger partial charge in [0.2, 0.25) is 0 Å². The van der Waals surface area contributed by atoms with Crippen molar-refractivity contribution in [3.63, 3.8) is 0 Å². The number of hydrogen-bond acceptors (Lipinski definition) is 3. The average Bonchev–Trinajstić information content (AvgIpc) is 2.76. The van der Waals surface area contributed by atoms with Gasteiger partial charge in [0.15, 0.2) is 0 Å². The van der Waals surface area contributed by atoms with Gasteiger partial charge in [-0.15, -0.1) is 6.58 Å². The van der Waals surface area contributed by atoms with Crippen LogP contribution in [0.3, 0.4) is 0 Å². The van der Waals surface area contributed by atoms with Crippen molar-refractivity contribution in [2.75, 3.05) is 13.6 Å². The van der Waals surface area contributed by atoms with Gasteiger partial charge in [-0.3, -0.25) is 4.79 Å². The summed E-state index contributed by atoms with van der Waals surface area (Å²) < 4.78 is 5.38. The molecule has 1 aromatic carbocycles. The summed E-state index contributed by atoms with van der Waals surface area (Å²) in [5.74, 6) is -0.131. The molecule has 2 amide bonds. The summed E-state index contributed by atoms with van der Waals surface area (Å²) in [4.78, 5) is 26.0. The van der Waals surface area contributed by atoms with Crippen LogP contribution in [-0.2, 0) is 10.3 Å². The summed E-state index contributed by atoms with van der Waals surface area (Å²) >= 11 is 6.13. The molecule has 1 N–H and O–H groups in total. The highest BCUT2D eigenvalue weighted by molar-refractivity contribution is 6.30. The Bertz CT molecular complexity index is 696. The number of nitrogens with zero attached hydrogens (tertiary/aromatic N) is 1. The largest absolute Gasteiger partial charge is 0.444 e. The summed E-state index contributed by atoms with van der Waals surface area (Å²) in [6, 6.07) is 5.25. The molecule has 2 rings (SSSR count). The number of benzene rings is 1. The maximum absolute atomic E-state index is 12.3. The van der Waals surface area contributed by atoms with Crippen LogP contribution in [0, 0.1) is 0 Å². The number of nitrogens with one attached hydrogen (secondary N) is 1. The van der Waals surface area contributed by atoms with Crippen molar-refractivity contribution in [2.45, 2.75) is 44.8 Å². The van der Waals surface area contributed by atoms with Gasteiger partial charge >= 0.3 is 6.09 Å². The molecule has 136 valence electrons. The van der Waals surface area contributed by atoms with Crippen molar-refractivity contribution in [3.05, 3.63) is 47.0 Å². The number of halogens is 1. The van der Waals surface area contributed by atoms with Gasteiger partial charge in [0.1, 0.15) is 5.60 Å². The fraction of sp³-hybridized carbons (Fsp3) is 0.474. The molecule has 1 aliphatic rings. The second kappa shape index (κ2) is 7.08. The van der Waals surface area contributed by atoms with Crippen LogP contribution < -0.4 is 5.32 Å². The second-order valence-electron chi connectivity index (χ2n) is 7.37. The first-order valence-corrected chi connectivity index (χ1v) is 8.63. The monoisotopic (exact) mass is 364 g/mol. The molecule has 0 radical (unpaired) electrons. The number of fused-ring (bicyclic) bond motifs is 1. The molecule has 6 heteroatoms. The lowest BCUT2D eigenvalue weighted by Crippen LogP contribution is -2.43. The Morgan fingerprint density at radius 1 is 1.44 bits per heavy atom.